The second kappa shape index (κ2) is 5.11. The summed E-state index contributed by atoms with van der Waals surface area (Å²) in [4.78, 5) is 11.2. The van der Waals surface area contributed by atoms with Crippen molar-refractivity contribution in [3.63, 3.8) is 0 Å². The fourth-order valence-electron chi connectivity index (χ4n) is 1.65. The Morgan fingerprint density at radius 2 is 2.05 bits per heavy atom. The lowest BCUT2D eigenvalue weighted by Crippen LogP contribution is -2.01. The third-order valence-corrected chi connectivity index (χ3v) is 3.23. The number of carboxylic acid groups (broad SMARTS) is 1. The van der Waals surface area contributed by atoms with Gasteiger partial charge in [0.15, 0.2) is 0 Å². The summed E-state index contributed by atoms with van der Waals surface area (Å²) in [5.74, 6) is -0.566. The number of hydrogen-bond acceptors (Lipinski definition) is 3. The molecule has 0 aliphatic rings. The molecule has 0 unspecified atom stereocenters. The van der Waals surface area contributed by atoms with E-state index in [-0.39, 0.29) is 11.4 Å². The third kappa shape index (κ3) is 2.67. The van der Waals surface area contributed by atoms with E-state index in [1.54, 1.807) is 26.1 Å². The van der Waals surface area contributed by atoms with E-state index in [2.05, 4.69) is 5.10 Å². The highest BCUT2D eigenvalue weighted by Gasteiger charge is 2.21. The number of aromatic nitrogens is 2. The van der Waals surface area contributed by atoms with Crippen molar-refractivity contribution in [2.45, 2.75) is 6.92 Å². The number of halogens is 2. The zero-order chi connectivity index (χ0) is 14.2. The molecule has 1 aromatic heterocycles. The van der Waals surface area contributed by atoms with Gasteiger partial charge in [0.25, 0.3) is 0 Å². The largest absolute Gasteiger partial charge is 0.477 e. The van der Waals surface area contributed by atoms with Crippen LogP contribution in [0.25, 0.3) is 0 Å². The van der Waals surface area contributed by atoms with Crippen LogP contribution >= 0.6 is 23.2 Å². The van der Waals surface area contributed by atoms with E-state index >= 15 is 0 Å². The number of aromatic carboxylic acids is 1. The monoisotopic (exact) mass is 300 g/mol. The number of hydrogen-bond donors (Lipinski definition) is 1. The summed E-state index contributed by atoms with van der Waals surface area (Å²) in [6.45, 7) is 1.60. The molecule has 100 valence electrons. The molecule has 0 saturated heterocycles. The summed E-state index contributed by atoms with van der Waals surface area (Å²) in [5, 5.41) is 13.9. The van der Waals surface area contributed by atoms with E-state index in [0.29, 0.717) is 21.5 Å². The Morgan fingerprint density at radius 3 is 2.63 bits per heavy atom. The molecule has 5 nitrogen and oxygen atoms in total. The van der Waals surface area contributed by atoms with Crippen molar-refractivity contribution in [2.75, 3.05) is 0 Å². The predicted molar refractivity (Wildman–Crippen MR) is 71.4 cm³/mol. The predicted octanol–water partition coefficient (Wildman–Crippen LogP) is 3.53. The molecule has 0 aliphatic heterocycles. The van der Waals surface area contributed by atoms with Gasteiger partial charge in [0, 0.05) is 13.1 Å². The van der Waals surface area contributed by atoms with Crippen LogP contribution < -0.4 is 4.74 Å². The summed E-state index contributed by atoms with van der Waals surface area (Å²) in [5.41, 5.74) is 0.402. The van der Waals surface area contributed by atoms with E-state index in [0.717, 1.165) is 0 Å². The minimum atomic E-state index is -1.10. The van der Waals surface area contributed by atoms with Crippen LogP contribution in [0.15, 0.2) is 18.2 Å². The Labute approximate surface area is 119 Å². The summed E-state index contributed by atoms with van der Waals surface area (Å²) in [6.07, 6.45) is 0. The highest BCUT2D eigenvalue weighted by Crippen LogP contribution is 2.31. The average molecular weight is 301 g/mol. The molecule has 0 saturated carbocycles. The maximum atomic E-state index is 11.2. The van der Waals surface area contributed by atoms with Gasteiger partial charge >= 0.3 is 5.97 Å². The topological polar surface area (TPSA) is 64.4 Å². The first-order valence-corrected chi connectivity index (χ1v) is 6.05. The molecular formula is C12H10Cl2N2O3. The number of rotatable bonds is 3. The van der Waals surface area contributed by atoms with Gasteiger partial charge in [-0.2, -0.15) is 5.10 Å². The molecule has 19 heavy (non-hydrogen) atoms. The van der Waals surface area contributed by atoms with Gasteiger partial charge in [-0.1, -0.05) is 23.2 Å². The zero-order valence-electron chi connectivity index (χ0n) is 10.1. The highest BCUT2D eigenvalue weighted by atomic mass is 35.5. The molecule has 2 rings (SSSR count). The fraction of sp³-hybridized carbons (Fsp3) is 0.167. The van der Waals surface area contributed by atoms with E-state index in [1.165, 1.54) is 10.7 Å². The van der Waals surface area contributed by atoms with E-state index in [1.807, 2.05) is 0 Å². The summed E-state index contributed by atoms with van der Waals surface area (Å²) >= 11 is 11.7. The molecule has 7 heteroatoms. The lowest BCUT2D eigenvalue weighted by atomic mass is 10.2. The van der Waals surface area contributed by atoms with Crippen LogP contribution in [-0.4, -0.2) is 20.9 Å². The van der Waals surface area contributed by atoms with Crippen LogP contribution in [0, 0.1) is 6.92 Å². The quantitative estimate of drug-likeness (QED) is 0.942. The first-order valence-electron chi connectivity index (χ1n) is 5.30. The van der Waals surface area contributed by atoms with Crippen molar-refractivity contribution >= 4 is 29.2 Å². The lowest BCUT2D eigenvalue weighted by Gasteiger charge is -2.07. The van der Waals surface area contributed by atoms with Crippen LogP contribution in [0.2, 0.25) is 10.0 Å². The van der Waals surface area contributed by atoms with Gasteiger partial charge in [-0.3, -0.25) is 0 Å². The van der Waals surface area contributed by atoms with E-state index in [4.69, 9.17) is 33.0 Å². The molecule has 0 bridgehead atoms. The molecule has 2 aromatic rings. The molecule has 0 aliphatic carbocycles. The van der Waals surface area contributed by atoms with Gasteiger partial charge < -0.3 is 9.84 Å². The lowest BCUT2D eigenvalue weighted by molar-refractivity contribution is 0.0693. The Hall–Kier alpha value is -1.72. The maximum Gasteiger partial charge on any atom is 0.343 e. The van der Waals surface area contributed by atoms with Crippen molar-refractivity contribution in [1.29, 1.82) is 0 Å². The van der Waals surface area contributed by atoms with Gasteiger partial charge in [-0.25, -0.2) is 9.48 Å². The van der Waals surface area contributed by atoms with Crippen molar-refractivity contribution in [3.05, 3.63) is 39.5 Å². The van der Waals surface area contributed by atoms with Crippen molar-refractivity contribution in [1.82, 2.24) is 9.78 Å². The first-order chi connectivity index (χ1) is 8.90. The SMILES string of the molecule is Cc1nn(C)c(Oc2ccc(Cl)c(Cl)c2)c1C(=O)O. The molecule has 1 aromatic carbocycles. The van der Waals surface area contributed by atoms with Crippen LogP contribution in [0.4, 0.5) is 0 Å². The van der Waals surface area contributed by atoms with Crippen molar-refractivity contribution in [3.8, 4) is 11.6 Å². The average Bonchev–Trinajstić information content (AvgIpc) is 2.59. The van der Waals surface area contributed by atoms with Crippen LogP contribution in [0.3, 0.4) is 0 Å². The number of carbonyl (C=O) groups is 1. The second-order valence-corrected chi connectivity index (χ2v) is 4.69. The smallest absolute Gasteiger partial charge is 0.343 e. The molecule has 0 fully saturated rings. The number of carboxylic acids is 1. The van der Waals surface area contributed by atoms with E-state index in [9.17, 15) is 4.79 Å². The number of benzene rings is 1. The Bertz CT molecular complexity index is 653. The van der Waals surface area contributed by atoms with Crippen LogP contribution in [-0.2, 0) is 7.05 Å². The second-order valence-electron chi connectivity index (χ2n) is 3.87. The normalized spacial score (nSPS) is 10.5. The molecule has 1 heterocycles. The van der Waals surface area contributed by atoms with Gasteiger partial charge in [0.2, 0.25) is 5.88 Å². The minimum absolute atomic E-state index is 0.0218. The molecule has 0 spiro atoms. The summed E-state index contributed by atoms with van der Waals surface area (Å²) < 4.78 is 6.90. The number of aryl methyl sites for hydroxylation is 2. The fourth-order valence-corrected chi connectivity index (χ4v) is 1.94. The van der Waals surface area contributed by atoms with Gasteiger partial charge in [0.05, 0.1) is 15.7 Å². The number of ether oxygens (including phenoxy) is 1. The molecule has 0 amide bonds. The van der Waals surface area contributed by atoms with Crippen LogP contribution in [0.5, 0.6) is 11.6 Å². The molecule has 0 atom stereocenters. The van der Waals surface area contributed by atoms with Crippen molar-refractivity contribution in [2.24, 2.45) is 7.05 Å². The Kier molecular flexibility index (Phi) is 3.68. The summed E-state index contributed by atoms with van der Waals surface area (Å²) in [6, 6.07) is 4.68. The van der Waals surface area contributed by atoms with E-state index < -0.39 is 5.97 Å². The standard InChI is InChI=1S/C12H10Cl2N2O3/c1-6-10(12(17)18)11(16(2)15-6)19-7-3-4-8(13)9(14)5-7/h3-5H,1-2H3,(H,17,18). The molecule has 0 radical (unpaired) electrons. The summed E-state index contributed by atoms with van der Waals surface area (Å²) in [7, 11) is 1.60. The van der Waals surface area contributed by atoms with Gasteiger partial charge in [-0.05, 0) is 19.1 Å². The van der Waals surface area contributed by atoms with Gasteiger partial charge in [-0.15, -0.1) is 0 Å². The zero-order valence-corrected chi connectivity index (χ0v) is 11.7. The van der Waals surface area contributed by atoms with Crippen LogP contribution in [0.1, 0.15) is 16.1 Å². The number of nitrogens with zero attached hydrogens (tertiary/aromatic N) is 2. The third-order valence-electron chi connectivity index (χ3n) is 2.49. The highest BCUT2D eigenvalue weighted by molar-refractivity contribution is 6.42. The molecular weight excluding hydrogens is 291 g/mol. The van der Waals surface area contributed by atoms with Gasteiger partial charge in [0.1, 0.15) is 11.3 Å². The molecule has 1 N–H and O–H groups in total. The van der Waals surface area contributed by atoms with Crippen molar-refractivity contribution < 1.29 is 14.6 Å². The first kappa shape index (κ1) is 13.7. The Morgan fingerprint density at radius 1 is 1.37 bits per heavy atom. The minimum Gasteiger partial charge on any atom is -0.477 e. The Balaban J connectivity index is 2.43. The maximum absolute atomic E-state index is 11.2.